The Bertz CT molecular complexity index is 998. The molecular weight excluding hydrogens is 394 g/mol. The lowest BCUT2D eigenvalue weighted by molar-refractivity contribution is -0.135. The van der Waals surface area contributed by atoms with Crippen molar-refractivity contribution in [2.75, 3.05) is 13.1 Å². The summed E-state index contributed by atoms with van der Waals surface area (Å²) in [7, 11) is 0. The van der Waals surface area contributed by atoms with Crippen LogP contribution in [0.15, 0.2) is 59.4 Å². The van der Waals surface area contributed by atoms with Crippen LogP contribution in [-0.2, 0) is 22.6 Å². The van der Waals surface area contributed by atoms with Crippen molar-refractivity contribution in [1.82, 2.24) is 25.3 Å². The Kier molecular flexibility index (Phi) is 6.66. The largest absolute Gasteiger partial charge is 0.352 e. The number of aromatic nitrogens is 3. The highest BCUT2D eigenvalue weighted by molar-refractivity contribution is 5.80. The van der Waals surface area contributed by atoms with Gasteiger partial charge in [0.1, 0.15) is 0 Å². The van der Waals surface area contributed by atoms with Crippen molar-refractivity contribution in [2.24, 2.45) is 5.92 Å². The Morgan fingerprint density at radius 2 is 1.81 bits per heavy atom. The first kappa shape index (κ1) is 20.7. The average Bonchev–Trinajstić information content (AvgIpc) is 3.31. The van der Waals surface area contributed by atoms with Crippen LogP contribution in [0.2, 0.25) is 0 Å². The number of rotatable bonds is 7. The molecule has 1 saturated heterocycles. The lowest BCUT2D eigenvalue weighted by Gasteiger charge is -2.31. The van der Waals surface area contributed by atoms with Gasteiger partial charge < -0.3 is 14.7 Å². The molecule has 8 heteroatoms. The Balaban J connectivity index is 1.20. The predicted octanol–water partition coefficient (Wildman–Crippen LogP) is 2.62. The number of nitrogens with zero attached hydrogens (tertiary/aromatic N) is 4. The standard InChI is InChI=1S/C23H25N5O3/c29-21(7-6-20-26-22(27-31-20)18-8-12-24-13-9-18)28-14-10-19(11-15-28)23(30)25-16-17-4-2-1-3-5-17/h1-5,8-9,12-13,19H,6-7,10-11,14-16H2,(H,25,30). The molecule has 0 radical (unpaired) electrons. The third kappa shape index (κ3) is 5.53. The summed E-state index contributed by atoms with van der Waals surface area (Å²) < 4.78 is 5.26. The van der Waals surface area contributed by atoms with Crippen LogP contribution in [0.5, 0.6) is 0 Å². The van der Waals surface area contributed by atoms with E-state index in [4.69, 9.17) is 4.52 Å². The third-order valence-corrected chi connectivity index (χ3v) is 5.49. The summed E-state index contributed by atoms with van der Waals surface area (Å²) in [5.74, 6) is 0.992. The van der Waals surface area contributed by atoms with Crippen LogP contribution in [0.4, 0.5) is 0 Å². The van der Waals surface area contributed by atoms with E-state index in [0.29, 0.717) is 57.0 Å². The lowest BCUT2D eigenvalue weighted by atomic mass is 9.95. The summed E-state index contributed by atoms with van der Waals surface area (Å²) in [6, 6.07) is 13.5. The van der Waals surface area contributed by atoms with Crippen molar-refractivity contribution >= 4 is 11.8 Å². The molecule has 160 valence electrons. The van der Waals surface area contributed by atoms with Gasteiger partial charge in [-0.2, -0.15) is 4.98 Å². The number of benzene rings is 1. The Hall–Kier alpha value is -3.55. The van der Waals surface area contributed by atoms with Gasteiger partial charge >= 0.3 is 0 Å². The summed E-state index contributed by atoms with van der Waals surface area (Å²) >= 11 is 0. The molecule has 0 atom stereocenters. The van der Waals surface area contributed by atoms with Crippen molar-refractivity contribution in [2.45, 2.75) is 32.2 Å². The van der Waals surface area contributed by atoms with E-state index in [0.717, 1.165) is 11.1 Å². The molecule has 3 aromatic rings. The van der Waals surface area contributed by atoms with Gasteiger partial charge in [0.15, 0.2) is 0 Å². The first-order valence-electron chi connectivity index (χ1n) is 10.5. The zero-order valence-electron chi connectivity index (χ0n) is 17.2. The normalized spacial score (nSPS) is 14.4. The van der Waals surface area contributed by atoms with Crippen LogP contribution >= 0.6 is 0 Å². The summed E-state index contributed by atoms with van der Waals surface area (Å²) in [6.45, 7) is 1.72. The number of piperidine rings is 1. The molecule has 31 heavy (non-hydrogen) atoms. The number of amides is 2. The van der Waals surface area contributed by atoms with Crippen LogP contribution in [-0.4, -0.2) is 44.9 Å². The highest BCUT2D eigenvalue weighted by Gasteiger charge is 2.27. The maximum Gasteiger partial charge on any atom is 0.227 e. The number of hydrogen-bond donors (Lipinski definition) is 1. The molecule has 3 heterocycles. The fraction of sp³-hybridized carbons (Fsp3) is 0.348. The summed E-state index contributed by atoms with van der Waals surface area (Å²) in [5, 5.41) is 6.96. The number of carbonyl (C=O) groups is 2. The summed E-state index contributed by atoms with van der Waals surface area (Å²) in [4.78, 5) is 35.1. The van der Waals surface area contributed by atoms with Gasteiger partial charge in [-0.25, -0.2) is 0 Å². The topological polar surface area (TPSA) is 101 Å². The smallest absolute Gasteiger partial charge is 0.227 e. The number of pyridine rings is 1. The maximum absolute atomic E-state index is 12.6. The molecule has 2 aromatic heterocycles. The molecule has 1 N–H and O–H groups in total. The second-order valence-corrected chi connectivity index (χ2v) is 7.61. The molecule has 0 saturated carbocycles. The van der Waals surface area contributed by atoms with E-state index in [1.807, 2.05) is 35.2 Å². The second kappa shape index (κ2) is 9.97. The quantitative estimate of drug-likeness (QED) is 0.632. The van der Waals surface area contributed by atoms with Crippen molar-refractivity contribution in [3.05, 3.63) is 66.3 Å². The maximum atomic E-state index is 12.6. The molecule has 0 aliphatic carbocycles. The molecule has 8 nitrogen and oxygen atoms in total. The predicted molar refractivity (Wildman–Crippen MR) is 113 cm³/mol. The van der Waals surface area contributed by atoms with E-state index < -0.39 is 0 Å². The van der Waals surface area contributed by atoms with E-state index in [2.05, 4.69) is 20.4 Å². The van der Waals surface area contributed by atoms with Crippen LogP contribution in [0, 0.1) is 5.92 Å². The molecule has 0 unspecified atom stereocenters. The average molecular weight is 419 g/mol. The summed E-state index contributed by atoms with van der Waals surface area (Å²) in [5.41, 5.74) is 1.90. The molecule has 0 bridgehead atoms. The number of hydrogen-bond acceptors (Lipinski definition) is 6. The van der Waals surface area contributed by atoms with Gasteiger partial charge in [0, 0.05) is 56.4 Å². The number of likely N-dealkylation sites (tertiary alicyclic amines) is 1. The van der Waals surface area contributed by atoms with Gasteiger partial charge in [-0.1, -0.05) is 35.5 Å². The molecular formula is C23H25N5O3. The van der Waals surface area contributed by atoms with Crippen molar-refractivity contribution in [1.29, 1.82) is 0 Å². The lowest BCUT2D eigenvalue weighted by Crippen LogP contribution is -2.43. The molecule has 2 amide bonds. The number of carbonyl (C=O) groups excluding carboxylic acids is 2. The number of nitrogens with one attached hydrogen (secondary N) is 1. The highest BCUT2D eigenvalue weighted by atomic mass is 16.5. The van der Waals surface area contributed by atoms with Gasteiger partial charge in [-0.3, -0.25) is 14.6 Å². The molecule has 1 aliphatic rings. The second-order valence-electron chi connectivity index (χ2n) is 7.61. The van der Waals surface area contributed by atoms with Gasteiger partial charge in [-0.15, -0.1) is 0 Å². The SMILES string of the molecule is O=C(NCc1ccccc1)C1CCN(C(=O)CCc2nc(-c3ccncc3)no2)CC1. The van der Waals surface area contributed by atoms with Crippen LogP contribution in [0.3, 0.4) is 0 Å². The number of aryl methyl sites for hydroxylation is 1. The molecule has 1 aliphatic heterocycles. The van der Waals surface area contributed by atoms with E-state index in [1.54, 1.807) is 24.5 Å². The summed E-state index contributed by atoms with van der Waals surface area (Å²) in [6.07, 6.45) is 5.40. The monoisotopic (exact) mass is 419 g/mol. The minimum atomic E-state index is -0.0494. The molecule has 1 fully saturated rings. The first-order valence-corrected chi connectivity index (χ1v) is 10.5. The minimum absolute atomic E-state index is 0.0480. The van der Waals surface area contributed by atoms with Crippen LogP contribution in [0.25, 0.3) is 11.4 Å². The van der Waals surface area contributed by atoms with Gasteiger partial charge in [-0.05, 0) is 30.5 Å². The van der Waals surface area contributed by atoms with Crippen molar-refractivity contribution < 1.29 is 14.1 Å². The van der Waals surface area contributed by atoms with Crippen LogP contribution < -0.4 is 5.32 Å². The van der Waals surface area contributed by atoms with E-state index in [-0.39, 0.29) is 17.7 Å². The Morgan fingerprint density at radius 1 is 1.06 bits per heavy atom. The molecule has 0 spiro atoms. The van der Waals surface area contributed by atoms with Gasteiger partial charge in [0.2, 0.25) is 23.5 Å². The first-order chi connectivity index (χ1) is 15.2. The fourth-order valence-corrected chi connectivity index (χ4v) is 3.67. The van der Waals surface area contributed by atoms with Crippen molar-refractivity contribution in [3.8, 4) is 11.4 Å². The third-order valence-electron chi connectivity index (χ3n) is 5.49. The van der Waals surface area contributed by atoms with Gasteiger partial charge in [0.05, 0.1) is 0 Å². The minimum Gasteiger partial charge on any atom is -0.352 e. The fourth-order valence-electron chi connectivity index (χ4n) is 3.67. The molecule has 4 rings (SSSR count). The Labute approximate surface area is 180 Å². The van der Waals surface area contributed by atoms with E-state index >= 15 is 0 Å². The Morgan fingerprint density at radius 3 is 2.55 bits per heavy atom. The highest BCUT2D eigenvalue weighted by Crippen LogP contribution is 2.19. The van der Waals surface area contributed by atoms with Crippen LogP contribution in [0.1, 0.15) is 30.7 Å². The van der Waals surface area contributed by atoms with Gasteiger partial charge in [0.25, 0.3) is 0 Å². The van der Waals surface area contributed by atoms with E-state index in [9.17, 15) is 9.59 Å². The van der Waals surface area contributed by atoms with E-state index in [1.165, 1.54) is 0 Å². The van der Waals surface area contributed by atoms with Crippen molar-refractivity contribution in [3.63, 3.8) is 0 Å². The molecule has 1 aromatic carbocycles. The zero-order valence-corrected chi connectivity index (χ0v) is 17.2. The zero-order chi connectivity index (χ0) is 21.5.